The molecule has 0 amide bonds. The maximum Gasteiger partial charge on any atom is -0.147 e. The summed E-state index contributed by atoms with van der Waals surface area (Å²) in [5, 5.41) is 0. The Morgan fingerprint density at radius 1 is 0.781 bits per heavy atom. The van der Waals surface area contributed by atoms with Gasteiger partial charge in [0, 0.05) is 0 Å². The molecule has 2 atom stereocenters. The standard InChI is InChI=1S/C17H15.C9H13.2CH3.2ClH.H2Si.Zr/c1-12-6-5-9-15(13(12)2)17-11-10-14-7-3-4-8-16(14)17;1-6-5-7(2)9(4)8(6)3;;;;;;/h3-11H,1-2H3;6H,1-4H3;2*1H3;2*1H;1H2;. The van der Waals surface area contributed by atoms with Crippen molar-refractivity contribution in [3.05, 3.63) is 96.4 Å². The van der Waals surface area contributed by atoms with Crippen LogP contribution >= 0.6 is 24.8 Å². The second-order valence-electron chi connectivity index (χ2n) is 10.8. The van der Waals surface area contributed by atoms with E-state index in [4.69, 9.17) is 0 Å². The van der Waals surface area contributed by atoms with E-state index in [2.05, 4.69) is 106 Å². The van der Waals surface area contributed by atoms with Crippen LogP contribution in [0.2, 0.25) is 9.26 Å². The molecule has 2 aromatic carbocycles. The molecule has 2 aromatic rings. The van der Waals surface area contributed by atoms with Crippen molar-refractivity contribution >= 4 is 37.3 Å². The Hall–Kier alpha value is -0.660. The average Bonchev–Trinajstić information content (AvgIpc) is 3.17. The van der Waals surface area contributed by atoms with Crippen LogP contribution in [0, 0.1) is 19.8 Å². The maximum atomic E-state index is 2.70. The second kappa shape index (κ2) is 9.18. The van der Waals surface area contributed by atoms with Crippen molar-refractivity contribution in [3.63, 3.8) is 0 Å². The van der Waals surface area contributed by atoms with Crippen molar-refractivity contribution in [2.45, 2.75) is 54.4 Å². The first kappa shape index (κ1) is 27.6. The van der Waals surface area contributed by atoms with E-state index in [1.165, 1.54) is 27.8 Å². The molecule has 2 unspecified atom stereocenters. The second-order valence-corrected chi connectivity index (χ2v) is 40.3. The minimum atomic E-state index is -3.33. The van der Waals surface area contributed by atoms with Gasteiger partial charge in [-0.3, -0.25) is 0 Å². The van der Waals surface area contributed by atoms with Gasteiger partial charge in [0.05, 0.1) is 0 Å². The fourth-order valence-corrected chi connectivity index (χ4v) is 24.8. The molecule has 0 spiro atoms. The van der Waals surface area contributed by atoms with Gasteiger partial charge in [-0.2, -0.15) is 0 Å². The van der Waals surface area contributed by atoms with E-state index in [1.54, 1.807) is 22.3 Å². The number of halogens is 2. The monoisotopic (exact) mass is 562 g/mol. The predicted octanol–water partition coefficient (Wildman–Crippen LogP) is 8.23. The zero-order chi connectivity index (χ0) is 22.0. The van der Waals surface area contributed by atoms with Crippen molar-refractivity contribution in [1.82, 2.24) is 0 Å². The number of allylic oxidation sites excluding steroid dienone is 5. The fraction of sp³-hybridized carbons (Fsp3) is 0.357. The van der Waals surface area contributed by atoms with Gasteiger partial charge in [0.2, 0.25) is 0 Å². The molecule has 0 saturated carbocycles. The Bertz CT molecular complexity index is 1240. The van der Waals surface area contributed by atoms with Gasteiger partial charge in [0.1, 0.15) is 0 Å². The molecular weight excluding hydrogens is 527 g/mol. The largest absolute Gasteiger partial charge is 0.147 e. The van der Waals surface area contributed by atoms with E-state index < -0.39 is 17.4 Å². The zero-order valence-corrected chi connectivity index (χ0v) is 26.3. The van der Waals surface area contributed by atoms with Gasteiger partial charge in [-0.15, -0.1) is 24.8 Å². The van der Waals surface area contributed by atoms with Crippen LogP contribution in [0.5, 0.6) is 0 Å². The summed E-state index contributed by atoms with van der Waals surface area (Å²) >= 11 is -3.33. The summed E-state index contributed by atoms with van der Waals surface area (Å²) in [5.41, 5.74) is 13.4. The van der Waals surface area contributed by atoms with Crippen molar-refractivity contribution in [2.75, 3.05) is 0 Å². The zero-order valence-electron chi connectivity index (χ0n) is 20.8. The Morgan fingerprint density at radius 3 is 1.97 bits per heavy atom. The Balaban J connectivity index is 0.00000181. The quantitative estimate of drug-likeness (QED) is 0.330. The number of hydrogen-bond donors (Lipinski definition) is 0. The molecule has 0 saturated heterocycles. The van der Waals surface area contributed by atoms with Crippen LogP contribution in [-0.2, 0) is 17.4 Å². The van der Waals surface area contributed by atoms with Crippen LogP contribution in [0.1, 0.15) is 59.1 Å². The van der Waals surface area contributed by atoms with Crippen molar-refractivity contribution in [3.8, 4) is 0 Å². The minimum absolute atomic E-state index is 0. The summed E-state index contributed by atoms with van der Waals surface area (Å²) in [6.07, 6.45) is 2.67. The molecule has 2 aliphatic carbocycles. The number of fused-ring (bicyclic) bond motifs is 1. The fourth-order valence-electron chi connectivity index (χ4n) is 6.26. The summed E-state index contributed by atoms with van der Waals surface area (Å²) in [7, 11) is 0. The maximum absolute atomic E-state index is 3.33. The van der Waals surface area contributed by atoms with Gasteiger partial charge in [0.25, 0.3) is 0 Å². The molecule has 32 heavy (non-hydrogen) atoms. The first-order valence-electron chi connectivity index (χ1n) is 11.3. The number of hydrogen-bond acceptors (Lipinski definition) is 0. The molecule has 0 radical (unpaired) electrons. The number of aryl methyl sites for hydroxylation is 1. The Labute approximate surface area is 210 Å². The third-order valence-electron chi connectivity index (χ3n) is 8.34. The van der Waals surface area contributed by atoms with Gasteiger partial charge in [-0.25, -0.2) is 0 Å². The van der Waals surface area contributed by atoms with Gasteiger partial charge in [-0.1, -0.05) is 0 Å². The average molecular weight is 565 g/mol. The number of benzene rings is 2. The molecule has 4 rings (SSSR count). The van der Waals surface area contributed by atoms with E-state index in [0.29, 0.717) is 9.54 Å². The molecule has 0 N–H and O–H groups in total. The Kier molecular flexibility index (Phi) is 7.91. The van der Waals surface area contributed by atoms with E-state index in [9.17, 15) is 0 Å². The first-order chi connectivity index (χ1) is 13.9. The Morgan fingerprint density at radius 2 is 1.38 bits per heavy atom. The van der Waals surface area contributed by atoms with Crippen molar-refractivity contribution in [2.24, 2.45) is 5.92 Å². The third kappa shape index (κ3) is 4.04. The molecule has 0 fully saturated rings. The van der Waals surface area contributed by atoms with Crippen LogP contribution in [0.4, 0.5) is 0 Å². The number of rotatable bonds is 3. The minimum Gasteiger partial charge on any atom is -0.147 e. The molecule has 0 bridgehead atoms. The normalized spacial score (nSPS) is 20.6. The molecular formula is C28H38Cl2SiZr. The van der Waals surface area contributed by atoms with Crippen LogP contribution in [-0.4, -0.2) is 6.88 Å². The van der Waals surface area contributed by atoms with E-state index in [-0.39, 0.29) is 24.8 Å². The third-order valence-corrected chi connectivity index (χ3v) is 25.6. The van der Waals surface area contributed by atoms with Crippen LogP contribution in [0.15, 0.2) is 68.5 Å². The first-order valence-corrected chi connectivity index (χ1v) is 24.8. The smallest absolute Gasteiger partial charge is 0.147 e. The van der Waals surface area contributed by atoms with Gasteiger partial charge >= 0.3 is 187 Å². The molecule has 0 nitrogen and oxygen atoms in total. The van der Waals surface area contributed by atoms with Gasteiger partial charge in [-0.05, 0) is 0 Å². The molecule has 172 valence electrons. The van der Waals surface area contributed by atoms with Crippen LogP contribution in [0.25, 0.3) is 5.57 Å². The summed E-state index contributed by atoms with van der Waals surface area (Å²) in [4.78, 5) is 0. The summed E-state index contributed by atoms with van der Waals surface area (Å²) in [6.45, 7) is 16.5. The molecule has 0 aromatic heterocycles. The predicted molar refractivity (Wildman–Crippen MR) is 147 cm³/mol. The summed E-state index contributed by atoms with van der Waals surface area (Å²) < 4.78 is 7.78. The summed E-state index contributed by atoms with van der Waals surface area (Å²) in [5.74, 6) is 0.591. The summed E-state index contributed by atoms with van der Waals surface area (Å²) in [6, 6.07) is 16.0. The van der Waals surface area contributed by atoms with Crippen LogP contribution < -0.4 is 0 Å². The SMILES string of the molecule is CC1=C(C)C(C)[C]([Zr]([CH3])([CH3])(=[SiH2])[CH]2C=C(c3cccc(C)c3C)c3ccccc32)=C1C.Cl.Cl. The molecule has 2 aliphatic rings. The van der Waals surface area contributed by atoms with Gasteiger partial charge < -0.3 is 0 Å². The van der Waals surface area contributed by atoms with Crippen molar-refractivity contribution < 1.29 is 17.4 Å². The molecule has 0 heterocycles. The van der Waals surface area contributed by atoms with Gasteiger partial charge in [0.15, 0.2) is 0 Å². The molecule has 0 aliphatic heterocycles. The topological polar surface area (TPSA) is 0 Å². The molecule has 4 heteroatoms. The van der Waals surface area contributed by atoms with E-state index in [1.807, 2.05) is 3.28 Å². The van der Waals surface area contributed by atoms with Crippen molar-refractivity contribution in [1.29, 1.82) is 0 Å². The van der Waals surface area contributed by atoms with E-state index in [0.717, 1.165) is 0 Å². The van der Waals surface area contributed by atoms with Crippen LogP contribution in [0.3, 0.4) is 0 Å². The van der Waals surface area contributed by atoms with E-state index >= 15 is 0 Å².